The van der Waals surface area contributed by atoms with Crippen LogP contribution in [0.5, 0.6) is 5.75 Å². The highest BCUT2D eigenvalue weighted by Gasteiger charge is 2.52. The molecule has 0 unspecified atom stereocenters. The molecular weight excluding hydrogens is 358 g/mol. The number of rotatable bonds is 6. The van der Waals surface area contributed by atoms with Gasteiger partial charge < -0.3 is 15.4 Å². The molecule has 7 nitrogen and oxygen atoms in total. The van der Waals surface area contributed by atoms with Gasteiger partial charge in [0, 0.05) is 0 Å². The monoisotopic (exact) mass is 387 g/mol. The summed E-state index contributed by atoms with van der Waals surface area (Å²) in [5.41, 5.74) is 1.39. The molecule has 1 aromatic carbocycles. The number of nitrogens with zero attached hydrogens (tertiary/aromatic N) is 1. The molecule has 1 heterocycles. The van der Waals surface area contributed by atoms with Crippen molar-refractivity contribution in [1.82, 2.24) is 15.5 Å². The van der Waals surface area contributed by atoms with Crippen molar-refractivity contribution in [2.45, 2.75) is 52.0 Å². The van der Waals surface area contributed by atoms with Crippen molar-refractivity contribution in [3.63, 3.8) is 0 Å². The molecule has 0 atom stereocenters. The number of nitrogens with one attached hydrogen (secondary N) is 2. The van der Waals surface area contributed by atoms with E-state index in [4.69, 9.17) is 4.74 Å². The molecule has 0 radical (unpaired) electrons. The molecule has 2 fully saturated rings. The zero-order valence-corrected chi connectivity index (χ0v) is 16.8. The lowest BCUT2D eigenvalue weighted by Crippen LogP contribution is -2.50. The van der Waals surface area contributed by atoms with Crippen molar-refractivity contribution in [3.8, 4) is 5.75 Å². The summed E-state index contributed by atoms with van der Waals surface area (Å²) in [6.45, 7) is 6.51. The SMILES string of the molecule is Cc1ccc(OCCNC(=O)CN2C(=O)NC3(CCC(C)CC3)C2=O)c(C)c1. The number of carbonyl (C=O) groups excluding carboxylic acids is 3. The minimum atomic E-state index is -0.810. The third-order valence-corrected chi connectivity index (χ3v) is 5.69. The Bertz CT molecular complexity index is 769. The minimum Gasteiger partial charge on any atom is -0.491 e. The predicted molar refractivity (Wildman–Crippen MR) is 105 cm³/mol. The largest absolute Gasteiger partial charge is 0.491 e. The van der Waals surface area contributed by atoms with Crippen LogP contribution in [0.25, 0.3) is 0 Å². The van der Waals surface area contributed by atoms with Crippen LogP contribution in [0.1, 0.15) is 43.7 Å². The minimum absolute atomic E-state index is 0.258. The molecule has 28 heavy (non-hydrogen) atoms. The molecular formula is C21H29N3O4. The van der Waals surface area contributed by atoms with E-state index in [1.807, 2.05) is 32.0 Å². The lowest BCUT2D eigenvalue weighted by molar-refractivity contribution is -0.136. The van der Waals surface area contributed by atoms with Gasteiger partial charge in [-0.25, -0.2) is 4.79 Å². The number of ether oxygens (including phenoxy) is 1. The van der Waals surface area contributed by atoms with E-state index in [2.05, 4.69) is 17.6 Å². The van der Waals surface area contributed by atoms with E-state index in [1.165, 1.54) is 0 Å². The zero-order chi connectivity index (χ0) is 20.3. The first-order valence-corrected chi connectivity index (χ1v) is 9.91. The first-order chi connectivity index (χ1) is 13.3. The third kappa shape index (κ3) is 4.29. The van der Waals surface area contributed by atoms with E-state index >= 15 is 0 Å². The Morgan fingerprint density at radius 3 is 2.68 bits per heavy atom. The van der Waals surface area contributed by atoms with Crippen molar-refractivity contribution < 1.29 is 19.1 Å². The van der Waals surface area contributed by atoms with E-state index in [0.29, 0.717) is 31.9 Å². The fourth-order valence-electron chi connectivity index (χ4n) is 3.93. The molecule has 1 aromatic rings. The Kier molecular flexibility index (Phi) is 5.91. The zero-order valence-electron chi connectivity index (χ0n) is 16.8. The predicted octanol–water partition coefficient (Wildman–Crippen LogP) is 2.30. The summed E-state index contributed by atoms with van der Waals surface area (Å²) < 4.78 is 5.68. The van der Waals surface area contributed by atoms with Crippen LogP contribution in [0, 0.1) is 19.8 Å². The molecule has 0 bridgehead atoms. The van der Waals surface area contributed by atoms with Gasteiger partial charge in [-0.1, -0.05) is 24.6 Å². The topological polar surface area (TPSA) is 87.7 Å². The van der Waals surface area contributed by atoms with Gasteiger partial charge in [-0.15, -0.1) is 0 Å². The first-order valence-electron chi connectivity index (χ1n) is 9.91. The average molecular weight is 387 g/mol. The summed E-state index contributed by atoms with van der Waals surface area (Å²) >= 11 is 0. The number of benzene rings is 1. The second kappa shape index (κ2) is 8.20. The number of aryl methyl sites for hydroxylation is 2. The van der Waals surface area contributed by atoms with Crippen molar-refractivity contribution in [3.05, 3.63) is 29.3 Å². The first kappa shape index (κ1) is 20.2. The summed E-state index contributed by atoms with van der Waals surface area (Å²) in [5.74, 6) is 0.701. The maximum absolute atomic E-state index is 12.8. The smallest absolute Gasteiger partial charge is 0.325 e. The summed E-state index contributed by atoms with van der Waals surface area (Å²) in [6.07, 6.45) is 3.09. The van der Waals surface area contributed by atoms with Crippen LogP contribution in [0.2, 0.25) is 0 Å². The molecule has 152 valence electrons. The van der Waals surface area contributed by atoms with Crippen LogP contribution < -0.4 is 15.4 Å². The Morgan fingerprint density at radius 2 is 2.00 bits per heavy atom. The Hall–Kier alpha value is -2.57. The molecule has 2 aliphatic rings. The van der Waals surface area contributed by atoms with Crippen LogP contribution in [0.3, 0.4) is 0 Å². The summed E-state index contributed by atoms with van der Waals surface area (Å²) in [6, 6.07) is 5.44. The third-order valence-electron chi connectivity index (χ3n) is 5.69. The average Bonchev–Trinajstić information content (AvgIpc) is 2.87. The highest BCUT2D eigenvalue weighted by molar-refractivity contribution is 6.09. The highest BCUT2D eigenvalue weighted by Crippen LogP contribution is 2.36. The van der Waals surface area contributed by atoms with Gasteiger partial charge in [-0.3, -0.25) is 14.5 Å². The van der Waals surface area contributed by atoms with Crippen molar-refractivity contribution >= 4 is 17.8 Å². The Morgan fingerprint density at radius 1 is 1.29 bits per heavy atom. The lowest BCUT2D eigenvalue weighted by Gasteiger charge is -2.33. The maximum atomic E-state index is 12.8. The summed E-state index contributed by atoms with van der Waals surface area (Å²) in [5, 5.41) is 5.54. The van der Waals surface area contributed by atoms with E-state index in [0.717, 1.165) is 34.6 Å². The van der Waals surface area contributed by atoms with Crippen molar-refractivity contribution in [1.29, 1.82) is 0 Å². The molecule has 3 rings (SSSR count). The van der Waals surface area contributed by atoms with Gasteiger partial charge >= 0.3 is 6.03 Å². The number of imide groups is 1. The molecule has 7 heteroatoms. The number of carbonyl (C=O) groups is 3. The standard InChI is InChI=1S/C21H29N3O4/c1-14-6-8-21(9-7-14)19(26)24(20(27)23-21)13-18(25)22-10-11-28-17-5-4-15(2)12-16(17)3/h4-5,12,14H,6-11,13H2,1-3H3,(H,22,25)(H,23,27). The maximum Gasteiger partial charge on any atom is 0.325 e. The Labute approximate surface area is 165 Å². The normalized spacial score (nSPS) is 24.4. The van der Waals surface area contributed by atoms with Crippen LogP contribution >= 0.6 is 0 Å². The summed E-state index contributed by atoms with van der Waals surface area (Å²) in [7, 11) is 0. The highest BCUT2D eigenvalue weighted by atomic mass is 16.5. The molecule has 0 aromatic heterocycles. The van der Waals surface area contributed by atoms with Gasteiger partial charge in [0.2, 0.25) is 5.91 Å². The van der Waals surface area contributed by atoms with Gasteiger partial charge in [-0.2, -0.15) is 0 Å². The molecule has 2 N–H and O–H groups in total. The summed E-state index contributed by atoms with van der Waals surface area (Å²) in [4.78, 5) is 38.2. The van der Waals surface area contributed by atoms with E-state index < -0.39 is 11.6 Å². The van der Waals surface area contributed by atoms with Gasteiger partial charge in [0.05, 0.1) is 6.54 Å². The molecule has 1 aliphatic carbocycles. The molecule has 1 aliphatic heterocycles. The fourth-order valence-corrected chi connectivity index (χ4v) is 3.93. The van der Waals surface area contributed by atoms with E-state index in [9.17, 15) is 14.4 Å². The van der Waals surface area contributed by atoms with Gasteiger partial charge in [-0.05, 0) is 57.1 Å². The lowest BCUT2D eigenvalue weighted by atomic mass is 9.77. The van der Waals surface area contributed by atoms with Gasteiger partial charge in [0.25, 0.3) is 5.91 Å². The number of amides is 4. The fraction of sp³-hybridized carbons (Fsp3) is 0.571. The van der Waals surface area contributed by atoms with Crippen molar-refractivity contribution in [2.75, 3.05) is 19.7 Å². The van der Waals surface area contributed by atoms with E-state index in [1.54, 1.807) is 0 Å². The van der Waals surface area contributed by atoms with Crippen LogP contribution in [-0.4, -0.2) is 48.0 Å². The number of hydrogen-bond donors (Lipinski definition) is 2. The van der Waals surface area contributed by atoms with E-state index in [-0.39, 0.29) is 18.4 Å². The van der Waals surface area contributed by atoms with Crippen LogP contribution in [-0.2, 0) is 9.59 Å². The second-order valence-corrected chi connectivity index (χ2v) is 8.05. The molecule has 1 spiro atoms. The van der Waals surface area contributed by atoms with Gasteiger partial charge in [0.1, 0.15) is 24.4 Å². The number of hydrogen-bond acceptors (Lipinski definition) is 4. The van der Waals surface area contributed by atoms with Crippen LogP contribution in [0.15, 0.2) is 18.2 Å². The van der Waals surface area contributed by atoms with Crippen molar-refractivity contribution in [2.24, 2.45) is 5.92 Å². The quantitative estimate of drug-likeness (QED) is 0.579. The van der Waals surface area contributed by atoms with Crippen LogP contribution in [0.4, 0.5) is 4.79 Å². The van der Waals surface area contributed by atoms with Gasteiger partial charge in [0.15, 0.2) is 0 Å². The Balaban J connectivity index is 1.45. The second-order valence-electron chi connectivity index (χ2n) is 8.05. The molecule has 4 amide bonds. The molecule has 1 saturated heterocycles. The number of urea groups is 1. The molecule has 1 saturated carbocycles.